The van der Waals surface area contributed by atoms with Gasteiger partial charge in [0.2, 0.25) is 0 Å². The van der Waals surface area contributed by atoms with Crippen molar-refractivity contribution < 1.29 is 19.1 Å². The Morgan fingerprint density at radius 3 is 2.71 bits per heavy atom. The van der Waals surface area contributed by atoms with Crippen molar-refractivity contribution in [3.63, 3.8) is 0 Å². The molecule has 164 valence electrons. The second kappa shape index (κ2) is 8.00. The molecule has 1 aliphatic carbocycles. The lowest BCUT2D eigenvalue weighted by Crippen LogP contribution is -2.56. The maximum absolute atomic E-state index is 13.3. The molecule has 0 spiro atoms. The first kappa shape index (κ1) is 21.4. The minimum absolute atomic E-state index is 0.0277. The van der Waals surface area contributed by atoms with Crippen molar-refractivity contribution in [2.75, 3.05) is 10.6 Å². The normalized spacial score (nSPS) is 19.7. The highest BCUT2D eigenvalue weighted by Crippen LogP contribution is 2.40. The summed E-state index contributed by atoms with van der Waals surface area (Å²) in [4.78, 5) is 40.1. The smallest absolute Gasteiger partial charge is 0.278 e. The van der Waals surface area contributed by atoms with Crippen LogP contribution in [0.1, 0.15) is 60.0 Å². The molecule has 31 heavy (non-hydrogen) atoms. The third-order valence-electron chi connectivity index (χ3n) is 5.61. The van der Waals surface area contributed by atoms with Crippen LogP contribution in [0, 0.1) is 6.92 Å². The summed E-state index contributed by atoms with van der Waals surface area (Å²) in [6.07, 6.45) is 3.77. The van der Waals surface area contributed by atoms with Gasteiger partial charge < -0.3 is 20.7 Å². The highest BCUT2D eigenvalue weighted by atomic mass is 32.1. The molecule has 1 atom stereocenters. The molecule has 4 rings (SSSR count). The minimum atomic E-state index is -1.75. The number of thiophene rings is 1. The van der Waals surface area contributed by atoms with Crippen molar-refractivity contribution in [1.29, 1.82) is 0 Å². The van der Waals surface area contributed by atoms with E-state index in [1.807, 2.05) is 26.8 Å². The van der Waals surface area contributed by atoms with Gasteiger partial charge in [0.05, 0.1) is 11.3 Å². The van der Waals surface area contributed by atoms with E-state index in [9.17, 15) is 14.4 Å². The molecule has 3 N–H and O–H groups in total. The predicted molar refractivity (Wildman–Crippen MR) is 121 cm³/mol. The molecule has 0 fully saturated rings. The molecule has 0 saturated carbocycles. The van der Waals surface area contributed by atoms with Crippen molar-refractivity contribution in [1.82, 2.24) is 5.32 Å². The highest BCUT2D eigenvalue weighted by molar-refractivity contribution is 7.17. The second-order valence-electron chi connectivity index (χ2n) is 8.59. The Morgan fingerprint density at radius 2 is 1.97 bits per heavy atom. The number of fused-ring (bicyclic) bond motifs is 2. The van der Waals surface area contributed by atoms with Crippen LogP contribution in [0.2, 0.25) is 0 Å². The van der Waals surface area contributed by atoms with E-state index < -0.39 is 17.4 Å². The van der Waals surface area contributed by atoms with Crippen LogP contribution in [0.25, 0.3) is 0 Å². The summed E-state index contributed by atoms with van der Waals surface area (Å²) in [5.41, 5.74) is 1.28. The van der Waals surface area contributed by atoms with Gasteiger partial charge in [0.1, 0.15) is 10.8 Å². The summed E-state index contributed by atoms with van der Waals surface area (Å²) in [7, 11) is 0. The monoisotopic (exact) mass is 441 g/mol. The summed E-state index contributed by atoms with van der Waals surface area (Å²) < 4.78 is 5.87. The van der Waals surface area contributed by atoms with E-state index in [1.54, 1.807) is 12.1 Å². The fourth-order valence-electron chi connectivity index (χ4n) is 3.94. The van der Waals surface area contributed by atoms with Crippen LogP contribution >= 0.6 is 11.3 Å². The molecule has 2 heterocycles. The molecule has 1 unspecified atom stereocenters. The predicted octanol–water partition coefficient (Wildman–Crippen LogP) is 3.80. The van der Waals surface area contributed by atoms with Gasteiger partial charge in [-0.3, -0.25) is 14.4 Å². The van der Waals surface area contributed by atoms with E-state index in [1.165, 1.54) is 18.3 Å². The number of aryl methyl sites for hydroxylation is 2. The highest BCUT2D eigenvalue weighted by Gasteiger charge is 2.48. The number of carbonyl (C=O) groups is 3. The third kappa shape index (κ3) is 3.92. The standard InChI is InChI=1S/C23H27N3O4S/c1-12(2)24-19(27)18-14-7-5-6-8-17(14)31-20(18)26-22(29)23(4)21(28)25-15-11-13(3)9-10-16(15)30-23/h9-12H,5-8H2,1-4H3,(H,24,27)(H,25,28)(H,26,29). The summed E-state index contributed by atoms with van der Waals surface area (Å²) in [6, 6.07) is 5.36. The maximum atomic E-state index is 13.3. The molecule has 1 aliphatic heterocycles. The van der Waals surface area contributed by atoms with Gasteiger partial charge in [-0.15, -0.1) is 11.3 Å². The molecule has 0 radical (unpaired) electrons. The minimum Gasteiger partial charge on any atom is -0.466 e. The van der Waals surface area contributed by atoms with Gasteiger partial charge in [0, 0.05) is 10.9 Å². The number of ether oxygens (including phenoxy) is 1. The van der Waals surface area contributed by atoms with Crippen molar-refractivity contribution in [2.45, 2.75) is 65.0 Å². The second-order valence-corrected chi connectivity index (χ2v) is 9.69. The van der Waals surface area contributed by atoms with E-state index in [2.05, 4.69) is 16.0 Å². The molecule has 0 bridgehead atoms. The fraction of sp³-hybridized carbons (Fsp3) is 0.435. The van der Waals surface area contributed by atoms with Gasteiger partial charge >= 0.3 is 0 Å². The molecule has 1 aromatic carbocycles. The van der Waals surface area contributed by atoms with Crippen molar-refractivity contribution >= 4 is 39.7 Å². The largest absolute Gasteiger partial charge is 0.466 e. The van der Waals surface area contributed by atoms with Gasteiger partial charge in [0.15, 0.2) is 0 Å². The number of benzene rings is 1. The third-order valence-corrected chi connectivity index (χ3v) is 6.82. The zero-order valence-corrected chi connectivity index (χ0v) is 19.0. The number of carbonyl (C=O) groups excluding carboxylic acids is 3. The zero-order chi connectivity index (χ0) is 22.3. The topological polar surface area (TPSA) is 96.5 Å². The van der Waals surface area contributed by atoms with E-state index in [4.69, 9.17) is 4.74 Å². The Bertz CT molecular complexity index is 1080. The Kier molecular flexibility index (Phi) is 5.51. The van der Waals surface area contributed by atoms with E-state index in [0.717, 1.165) is 41.7 Å². The van der Waals surface area contributed by atoms with Crippen LogP contribution in [0.3, 0.4) is 0 Å². The van der Waals surface area contributed by atoms with E-state index in [0.29, 0.717) is 22.0 Å². The van der Waals surface area contributed by atoms with E-state index in [-0.39, 0.29) is 11.9 Å². The van der Waals surface area contributed by atoms with Crippen LogP contribution < -0.4 is 20.7 Å². The van der Waals surface area contributed by atoms with E-state index >= 15 is 0 Å². The van der Waals surface area contributed by atoms with Crippen LogP contribution in [0.5, 0.6) is 5.75 Å². The zero-order valence-electron chi connectivity index (χ0n) is 18.2. The first-order valence-electron chi connectivity index (χ1n) is 10.6. The Morgan fingerprint density at radius 1 is 1.23 bits per heavy atom. The molecule has 2 aliphatic rings. The van der Waals surface area contributed by atoms with Crippen LogP contribution in [0.4, 0.5) is 10.7 Å². The van der Waals surface area contributed by atoms with Gasteiger partial charge in [0.25, 0.3) is 23.3 Å². The number of amides is 3. The molecule has 3 amide bonds. The first-order chi connectivity index (χ1) is 14.7. The number of rotatable bonds is 4. The molecule has 2 aromatic rings. The Balaban J connectivity index is 1.65. The van der Waals surface area contributed by atoms with Crippen molar-refractivity contribution in [3.05, 3.63) is 39.8 Å². The van der Waals surface area contributed by atoms with Crippen molar-refractivity contribution in [3.8, 4) is 5.75 Å². The molecule has 0 saturated heterocycles. The lowest BCUT2D eigenvalue weighted by Gasteiger charge is -2.33. The first-order valence-corrected chi connectivity index (χ1v) is 11.4. The molecule has 8 heteroatoms. The summed E-state index contributed by atoms with van der Waals surface area (Å²) in [6.45, 7) is 7.15. The number of hydrogen-bond acceptors (Lipinski definition) is 5. The van der Waals surface area contributed by atoms with Gasteiger partial charge in [-0.05, 0) is 76.6 Å². The number of hydrogen-bond donors (Lipinski definition) is 3. The van der Waals surface area contributed by atoms with Gasteiger partial charge in [-0.25, -0.2) is 0 Å². The van der Waals surface area contributed by atoms with Gasteiger partial charge in [-0.1, -0.05) is 6.07 Å². The average Bonchev–Trinajstić information content (AvgIpc) is 3.06. The molecular weight excluding hydrogens is 414 g/mol. The lowest BCUT2D eigenvalue weighted by atomic mass is 9.95. The quantitative estimate of drug-likeness (QED) is 0.629. The molecule has 1 aromatic heterocycles. The fourth-order valence-corrected chi connectivity index (χ4v) is 5.22. The summed E-state index contributed by atoms with van der Waals surface area (Å²) in [5.74, 6) is -0.915. The molecule has 7 nitrogen and oxygen atoms in total. The summed E-state index contributed by atoms with van der Waals surface area (Å²) >= 11 is 1.42. The maximum Gasteiger partial charge on any atom is 0.278 e. The van der Waals surface area contributed by atoms with Crippen LogP contribution in [0.15, 0.2) is 18.2 Å². The lowest BCUT2D eigenvalue weighted by molar-refractivity contribution is -0.143. The SMILES string of the molecule is Cc1ccc2c(c1)NC(=O)C(C)(C(=O)Nc1sc3c(c1C(=O)NC(C)C)CCCC3)O2. The van der Waals surface area contributed by atoms with Crippen molar-refractivity contribution in [2.24, 2.45) is 0 Å². The Hall–Kier alpha value is -2.87. The van der Waals surface area contributed by atoms with Gasteiger partial charge in [-0.2, -0.15) is 0 Å². The number of nitrogens with one attached hydrogen (secondary N) is 3. The van der Waals surface area contributed by atoms with Crippen LogP contribution in [-0.2, 0) is 22.4 Å². The summed E-state index contributed by atoms with van der Waals surface area (Å²) in [5, 5.41) is 9.01. The Labute approximate surface area is 185 Å². The molecular formula is C23H27N3O4S. The van der Waals surface area contributed by atoms with Crippen LogP contribution in [-0.4, -0.2) is 29.4 Å². The number of anilines is 2. The average molecular weight is 442 g/mol.